The van der Waals surface area contributed by atoms with E-state index in [-0.39, 0.29) is 23.3 Å². The van der Waals surface area contributed by atoms with E-state index in [2.05, 4.69) is 26.1 Å². The molecule has 0 aromatic heterocycles. The number of morpholine rings is 1. The highest BCUT2D eigenvalue weighted by Gasteiger charge is 2.26. The monoisotopic (exact) mass is 312 g/mol. The lowest BCUT2D eigenvalue weighted by Crippen LogP contribution is -2.51. The summed E-state index contributed by atoms with van der Waals surface area (Å²) >= 11 is 0. The van der Waals surface area contributed by atoms with Gasteiger partial charge in [-0.2, -0.15) is 0 Å². The minimum Gasteiger partial charge on any atom is -0.378 e. The number of Topliss-reactive ketones (excluding diaryl/α,β-unsaturated/α-hetero) is 1. The third-order valence-corrected chi connectivity index (χ3v) is 4.55. The zero-order valence-corrected chi connectivity index (χ0v) is 14.6. The third-order valence-electron chi connectivity index (χ3n) is 4.55. The number of hydrogen-bond donors (Lipinski definition) is 1. The van der Waals surface area contributed by atoms with Crippen molar-refractivity contribution in [1.82, 2.24) is 10.2 Å². The summed E-state index contributed by atoms with van der Waals surface area (Å²) in [4.78, 5) is 26.4. The lowest BCUT2D eigenvalue weighted by atomic mass is 9.83. The number of amides is 2. The summed E-state index contributed by atoms with van der Waals surface area (Å²) in [6.45, 7) is 10.9. The number of ether oxygens (including phenoxy) is 1. The van der Waals surface area contributed by atoms with E-state index in [4.69, 9.17) is 4.74 Å². The molecule has 1 saturated heterocycles. The van der Waals surface area contributed by atoms with Crippen molar-refractivity contribution in [3.8, 4) is 0 Å². The lowest BCUT2D eigenvalue weighted by molar-refractivity contribution is -0.121. The molecule has 22 heavy (non-hydrogen) atoms. The van der Waals surface area contributed by atoms with Gasteiger partial charge >= 0.3 is 6.03 Å². The van der Waals surface area contributed by atoms with E-state index in [1.54, 1.807) is 4.90 Å². The Morgan fingerprint density at radius 1 is 1.23 bits per heavy atom. The SMILES string of the molecule is CCCC(=O)[C@H](CCC(C)(C)CC)NC(=O)N1CCOCC1. The minimum atomic E-state index is -0.360. The van der Waals surface area contributed by atoms with Crippen LogP contribution in [0.15, 0.2) is 0 Å². The number of nitrogens with one attached hydrogen (secondary N) is 1. The van der Waals surface area contributed by atoms with Gasteiger partial charge in [0.25, 0.3) is 0 Å². The first-order valence-electron chi connectivity index (χ1n) is 8.55. The molecule has 0 bridgehead atoms. The summed E-state index contributed by atoms with van der Waals surface area (Å²) < 4.78 is 5.26. The maximum Gasteiger partial charge on any atom is 0.318 e. The zero-order chi connectivity index (χ0) is 16.6. The van der Waals surface area contributed by atoms with E-state index in [0.717, 1.165) is 25.7 Å². The molecule has 128 valence electrons. The van der Waals surface area contributed by atoms with Gasteiger partial charge in [0.15, 0.2) is 5.78 Å². The predicted octanol–water partition coefficient (Wildman–Crippen LogP) is 2.98. The Bertz CT molecular complexity index is 363. The Hall–Kier alpha value is -1.10. The predicted molar refractivity (Wildman–Crippen MR) is 87.9 cm³/mol. The number of ketones is 1. The normalized spacial score (nSPS) is 17.2. The van der Waals surface area contributed by atoms with Gasteiger partial charge in [0.05, 0.1) is 19.3 Å². The lowest BCUT2D eigenvalue weighted by Gasteiger charge is -2.30. The summed E-state index contributed by atoms with van der Waals surface area (Å²) in [6, 6.07) is -0.492. The van der Waals surface area contributed by atoms with E-state index in [9.17, 15) is 9.59 Å². The van der Waals surface area contributed by atoms with Crippen LogP contribution in [0.25, 0.3) is 0 Å². The van der Waals surface area contributed by atoms with Gasteiger partial charge in [0, 0.05) is 19.5 Å². The van der Waals surface area contributed by atoms with Crippen LogP contribution >= 0.6 is 0 Å². The number of carbonyl (C=O) groups is 2. The van der Waals surface area contributed by atoms with Crippen molar-refractivity contribution in [2.75, 3.05) is 26.3 Å². The summed E-state index contributed by atoms with van der Waals surface area (Å²) in [7, 11) is 0. The molecule has 1 atom stereocenters. The van der Waals surface area contributed by atoms with E-state index in [0.29, 0.717) is 32.7 Å². The molecule has 0 aromatic rings. The second-order valence-corrected chi connectivity index (χ2v) is 6.87. The Balaban J connectivity index is 2.60. The fourth-order valence-corrected chi connectivity index (χ4v) is 2.45. The summed E-state index contributed by atoms with van der Waals surface area (Å²) in [5.74, 6) is 0.149. The molecule has 0 aliphatic carbocycles. The molecule has 1 aliphatic rings. The van der Waals surface area contributed by atoms with E-state index >= 15 is 0 Å². The van der Waals surface area contributed by atoms with Crippen molar-refractivity contribution in [3.05, 3.63) is 0 Å². The van der Waals surface area contributed by atoms with Gasteiger partial charge in [-0.1, -0.05) is 34.1 Å². The highest BCUT2D eigenvalue weighted by Crippen LogP contribution is 2.27. The molecule has 0 unspecified atom stereocenters. The van der Waals surface area contributed by atoms with Crippen molar-refractivity contribution in [1.29, 1.82) is 0 Å². The van der Waals surface area contributed by atoms with Gasteiger partial charge in [0.2, 0.25) is 0 Å². The molecule has 0 radical (unpaired) electrons. The van der Waals surface area contributed by atoms with Gasteiger partial charge in [0.1, 0.15) is 0 Å². The number of hydrogen-bond acceptors (Lipinski definition) is 3. The van der Waals surface area contributed by atoms with Crippen LogP contribution in [0.5, 0.6) is 0 Å². The molecule has 5 heteroatoms. The standard InChI is InChI=1S/C17H32N2O3/c1-5-7-15(20)14(8-9-17(3,4)6-2)18-16(21)19-10-12-22-13-11-19/h14H,5-13H2,1-4H3,(H,18,21)/t14-/m0/s1. The van der Waals surface area contributed by atoms with Crippen molar-refractivity contribution in [2.24, 2.45) is 5.41 Å². The van der Waals surface area contributed by atoms with Crippen LogP contribution in [0.4, 0.5) is 4.79 Å². The Morgan fingerprint density at radius 2 is 1.86 bits per heavy atom. The first-order chi connectivity index (χ1) is 10.4. The molecule has 2 amide bonds. The van der Waals surface area contributed by atoms with Crippen LogP contribution < -0.4 is 5.32 Å². The Kier molecular flexibility index (Phi) is 7.87. The highest BCUT2D eigenvalue weighted by molar-refractivity contribution is 5.88. The van der Waals surface area contributed by atoms with Gasteiger partial charge in [-0.15, -0.1) is 0 Å². The van der Waals surface area contributed by atoms with Gasteiger partial charge < -0.3 is 15.0 Å². The average Bonchev–Trinajstić information content (AvgIpc) is 2.52. The fourth-order valence-electron chi connectivity index (χ4n) is 2.45. The molecule has 0 aromatic carbocycles. The number of nitrogens with zero attached hydrogens (tertiary/aromatic N) is 1. The topological polar surface area (TPSA) is 58.6 Å². The van der Waals surface area contributed by atoms with Crippen LogP contribution in [0.3, 0.4) is 0 Å². The van der Waals surface area contributed by atoms with Crippen LogP contribution in [-0.2, 0) is 9.53 Å². The van der Waals surface area contributed by atoms with Crippen molar-refractivity contribution in [2.45, 2.75) is 65.8 Å². The molecule has 1 N–H and O–H groups in total. The Morgan fingerprint density at radius 3 is 2.41 bits per heavy atom. The van der Waals surface area contributed by atoms with Crippen molar-refractivity contribution < 1.29 is 14.3 Å². The van der Waals surface area contributed by atoms with Gasteiger partial charge in [-0.05, 0) is 24.7 Å². The smallest absolute Gasteiger partial charge is 0.318 e. The molecule has 1 aliphatic heterocycles. The third kappa shape index (κ3) is 6.34. The largest absolute Gasteiger partial charge is 0.378 e. The molecule has 5 nitrogen and oxygen atoms in total. The highest BCUT2D eigenvalue weighted by atomic mass is 16.5. The van der Waals surface area contributed by atoms with Gasteiger partial charge in [-0.25, -0.2) is 4.79 Å². The Labute approximate surface area is 134 Å². The molecular weight excluding hydrogens is 280 g/mol. The first-order valence-corrected chi connectivity index (χ1v) is 8.55. The maximum absolute atomic E-state index is 12.3. The molecule has 1 heterocycles. The van der Waals surface area contributed by atoms with Gasteiger partial charge in [-0.3, -0.25) is 4.79 Å². The van der Waals surface area contributed by atoms with Crippen LogP contribution in [0, 0.1) is 5.41 Å². The number of carbonyl (C=O) groups excluding carboxylic acids is 2. The van der Waals surface area contributed by atoms with E-state index < -0.39 is 0 Å². The molecule has 0 spiro atoms. The summed E-state index contributed by atoms with van der Waals surface area (Å²) in [5.41, 5.74) is 0.203. The van der Waals surface area contributed by atoms with Crippen LogP contribution in [0.1, 0.15) is 59.8 Å². The number of rotatable bonds is 8. The quantitative estimate of drug-likeness (QED) is 0.749. The molecular formula is C17H32N2O3. The minimum absolute atomic E-state index is 0.132. The average molecular weight is 312 g/mol. The van der Waals surface area contributed by atoms with Crippen molar-refractivity contribution in [3.63, 3.8) is 0 Å². The summed E-state index contributed by atoms with van der Waals surface area (Å²) in [6.07, 6.45) is 4.07. The number of urea groups is 1. The summed E-state index contributed by atoms with van der Waals surface area (Å²) in [5, 5.41) is 2.95. The molecule has 1 fully saturated rings. The first kappa shape index (κ1) is 18.9. The van der Waals surface area contributed by atoms with E-state index in [1.165, 1.54) is 0 Å². The molecule has 0 saturated carbocycles. The second-order valence-electron chi connectivity index (χ2n) is 6.87. The van der Waals surface area contributed by atoms with E-state index in [1.807, 2.05) is 6.92 Å². The maximum atomic E-state index is 12.3. The van der Waals surface area contributed by atoms with Crippen LogP contribution in [0.2, 0.25) is 0 Å². The van der Waals surface area contributed by atoms with Crippen molar-refractivity contribution >= 4 is 11.8 Å². The zero-order valence-electron chi connectivity index (χ0n) is 14.6. The van der Waals surface area contributed by atoms with Crippen LogP contribution in [-0.4, -0.2) is 49.1 Å². The molecule has 1 rings (SSSR count). The fraction of sp³-hybridized carbons (Fsp3) is 0.882. The second kappa shape index (κ2) is 9.13.